The van der Waals surface area contributed by atoms with Crippen LogP contribution in [-0.2, 0) is 4.79 Å². The van der Waals surface area contributed by atoms with Gasteiger partial charge >= 0.3 is 0 Å². The van der Waals surface area contributed by atoms with Crippen LogP contribution in [0.15, 0.2) is 12.5 Å². The van der Waals surface area contributed by atoms with Gasteiger partial charge in [-0.05, 0) is 38.1 Å². The molecule has 2 fully saturated rings. The van der Waals surface area contributed by atoms with Gasteiger partial charge in [-0.3, -0.25) is 4.79 Å². The second kappa shape index (κ2) is 5.95. The molecule has 20 heavy (non-hydrogen) atoms. The molecule has 2 heterocycles. The van der Waals surface area contributed by atoms with E-state index >= 15 is 0 Å². The van der Waals surface area contributed by atoms with Crippen molar-refractivity contribution >= 4 is 5.91 Å². The number of carbonyl (C=O) groups is 1. The van der Waals surface area contributed by atoms with Crippen LogP contribution in [0.2, 0.25) is 0 Å². The van der Waals surface area contributed by atoms with Crippen molar-refractivity contribution in [1.82, 2.24) is 14.9 Å². The molecule has 0 bridgehead atoms. The molecule has 3 N–H and O–H groups in total. The maximum absolute atomic E-state index is 12.6. The molecule has 1 aliphatic carbocycles. The summed E-state index contributed by atoms with van der Waals surface area (Å²) >= 11 is 0. The van der Waals surface area contributed by atoms with Crippen molar-refractivity contribution in [3.8, 4) is 0 Å². The van der Waals surface area contributed by atoms with Gasteiger partial charge in [-0.1, -0.05) is 6.42 Å². The molecule has 5 heteroatoms. The Hall–Kier alpha value is -1.36. The first-order valence-corrected chi connectivity index (χ1v) is 7.76. The van der Waals surface area contributed by atoms with Crippen molar-refractivity contribution in [2.45, 2.75) is 38.0 Å². The lowest BCUT2D eigenvalue weighted by atomic mass is 9.90. The minimum Gasteiger partial charge on any atom is -0.348 e. The van der Waals surface area contributed by atoms with E-state index in [0.29, 0.717) is 24.3 Å². The summed E-state index contributed by atoms with van der Waals surface area (Å²) in [4.78, 5) is 22.0. The molecular weight excluding hydrogens is 252 g/mol. The normalized spacial score (nSPS) is 27.9. The Morgan fingerprint density at radius 1 is 1.35 bits per heavy atom. The number of piperidine rings is 1. The third kappa shape index (κ3) is 2.59. The summed E-state index contributed by atoms with van der Waals surface area (Å²) in [6.07, 6.45) is 9.02. The van der Waals surface area contributed by atoms with E-state index in [2.05, 4.69) is 14.9 Å². The number of rotatable bonds is 3. The van der Waals surface area contributed by atoms with Crippen LogP contribution < -0.4 is 5.73 Å². The number of aromatic amines is 1. The van der Waals surface area contributed by atoms with Gasteiger partial charge in [0.25, 0.3) is 0 Å². The quantitative estimate of drug-likeness (QED) is 0.878. The smallest absolute Gasteiger partial charge is 0.226 e. The monoisotopic (exact) mass is 276 g/mol. The molecule has 1 saturated carbocycles. The van der Waals surface area contributed by atoms with Crippen molar-refractivity contribution in [2.75, 3.05) is 19.6 Å². The fourth-order valence-electron chi connectivity index (χ4n) is 3.78. The van der Waals surface area contributed by atoms with Gasteiger partial charge < -0.3 is 15.6 Å². The average molecular weight is 276 g/mol. The lowest BCUT2D eigenvalue weighted by molar-refractivity contribution is -0.137. The summed E-state index contributed by atoms with van der Waals surface area (Å²) in [6.45, 7) is 2.40. The molecule has 1 aromatic rings. The van der Waals surface area contributed by atoms with Crippen molar-refractivity contribution in [3.63, 3.8) is 0 Å². The topological polar surface area (TPSA) is 75.0 Å². The van der Waals surface area contributed by atoms with Crippen LogP contribution in [-0.4, -0.2) is 40.4 Å². The number of hydrogen-bond donors (Lipinski definition) is 2. The average Bonchev–Trinajstić information content (AvgIpc) is 3.17. The van der Waals surface area contributed by atoms with Gasteiger partial charge in [-0.25, -0.2) is 4.98 Å². The van der Waals surface area contributed by atoms with Crippen LogP contribution in [0.5, 0.6) is 0 Å². The van der Waals surface area contributed by atoms with Crippen LogP contribution in [0.1, 0.15) is 43.7 Å². The summed E-state index contributed by atoms with van der Waals surface area (Å²) < 4.78 is 0. The van der Waals surface area contributed by atoms with E-state index in [9.17, 15) is 4.79 Å². The first-order chi connectivity index (χ1) is 9.79. The van der Waals surface area contributed by atoms with E-state index in [1.165, 1.54) is 5.69 Å². The van der Waals surface area contributed by atoms with Gasteiger partial charge in [0.1, 0.15) is 0 Å². The molecule has 0 radical (unpaired) electrons. The molecule has 1 saturated heterocycles. The molecule has 0 aromatic carbocycles. The zero-order valence-electron chi connectivity index (χ0n) is 11.9. The van der Waals surface area contributed by atoms with Crippen molar-refractivity contribution in [3.05, 3.63) is 18.2 Å². The molecule has 5 nitrogen and oxygen atoms in total. The number of amides is 1. The largest absolute Gasteiger partial charge is 0.348 e. The van der Waals surface area contributed by atoms with Crippen molar-refractivity contribution < 1.29 is 4.79 Å². The first-order valence-electron chi connectivity index (χ1n) is 7.76. The molecular formula is C15H24N4O. The highest BCUT2D eigenvalue weighted by Crippen LogP contribution is 2.34. The fraction of sp³-hybridized carbons (Fsp3) is 0.733. The summed E-state index contributed by atoms with van der Waals surface area (Å²) in [7, 11) is 0. The standard InChI is InChI=1S/C15H24N4O/c16-8-12-2-1-3-13(12)15(20)19-6-4-11(5-7-19)14-9-17-10-18-14/h9-13H,1-8,16H2,(H,17,18)/t12-,13-/m1/s1. The van der Waals surface area contributed by atoms with Crippen molar-refractivity contribution in [2.24, 2.45) is 17.6 Å². The predicted octanol–water partition coefficient (Wildman–Crippen LogP) is 1.49. The molecule has 1 amide bonds. The number of carbonyl (C=O) groups excluding carboxylic acids is 1. The summed E-state index contributed by atoms with van der Waals surface area (Å²) in [5, 5.41) is 0. The Labute approximate surface area is 119 Å². The van der Waals surface area contributed by atoms with Gasteiger partial charge in [0.2, 0.25) is 5.91 Å². The molecule has 1 aliphatic heterocycles. The molecule has 110 valence electrons. The second-order valence-corrected chi connectivity index (χ2v) is 6.14. The molecule has 0 spiro atoms. The van der Waals surface area contributed by atoms with Crippen LogP contribution in [0.25, 0.3) is 0 Å². The minimum atomic E-state index is 0.184. The number of hydrogen-bond acceptors (Lipinski definition) is 3. The molecule has 2 atom stereocenters. The number of aromatic nitrogens is 2. The Bertz CT molecular complexity index is 437. The second-order valence-electron chi connectivity index (χ2n) is 6.14. The van der Waals surface area contributed by atoms with E-state index in [0.717, 1.165) is 45.2 Å². The van der Waals surface area contributed by atoms with Gasteiger partial charge in [-0.15, -0.1) is 0 Å². The summed E-state index contributed by atoms with van der Waals surface area (Å²) in [6, 6.07) is 0. The SMILES string of the molecule is NC[C@H]1CCC[C@H]1C(=O)N1CCC(c2cnc[nH]2)CC1. The van der Waals surface area contributed by atoms with Crippen molar-refractivity contribution in [1.29, 1.82) is 0 Å². The van der Waals surface area contributed by atoms with Crippen LogP contribution in [0.3, 0.4) is 0 Å². The van der Waals surface area contributed by atoms with E-state index in [4.69, 9.17) is 5.73 Å². The van der Waals surface area contributed by atoms with Crippen LogP contribution in [0.4, 0.5) is 0 Å². The Kier molecular flexibility index (Phi) is 4.05. The van der Waals surface area contributed by atoms with Crippen LogP contribution >= 0.6 is 0 Å². The third-order valence-corrected chi connectivity index (χ3v) is 5.04. The Morgan fingerprint density at radius 2 is 2.15 bits per heavy atom. The zero-order chi connectivity index (χ0) is 13.9. The van der Waals surface area contributed by atoms with E-state index in [1.54, 1.807) is 6.33 Å². The number of H-pyrrole nitrogens is 1. The lowest BCUT2D eigenvalue weighted by Gasteiger charge is -2.34. The summed E-state index contributed by atoms with van der Waals surface area (Å²) in [5.41, 5.74) is 7.00. The highest BCUT2D eigenvalue weighted by molar-refractivity contribution is 5.79. The van der Waals surface area contributed by atoms with Gasteiger partial charge in [0.15, 0.2) is 0 Å². The molecule has 3 rings (SSSR count). The maximum Gasteiger partial charge on any atom is 0.226 e. The number of likely N-dealkylation sites (tertiary alicyclic amines) is 1. The van der Waals surface area contributed by atoms with Gasteiger partial charge in [0.05, 0.1) is 6.33 Å². The lowest BCUT2D eigenvalue weighted by Crippen LogP contribution is -2.43. The third-order valence-electron chi connectivity index (χ3n) is 5.04. The van der Waals surface area contributed by atoms with E-state index in [1.807, 2.05) is 6.20 Å². The Morgan fingerprint density at radius 3 is 2.80 bits per heavy atom. The van der Waals surface area contributed by atoms with Gasteiger partial charge in [0, 0.05) is 36.8 Å². The number of nitrogens with two attached hydrogens (primary N) is 1. The summed E-state index contributed by atoms with van der Waals surface area (Å²) in [5.74, 6) is 1.47. The highest BCUT2D eigenvalue weighted by atomic mass is 16.2. The Balaban J connectivity index is 1.56. The number of nitrogens with zero attached hydrogens (tertiary/aromatic N) is 2. The molecule has 2 aliphatic rings. The number of nitrogens with one attached hydrogen (secondary N) is 1. The van der Waals surface area contributed by atoms with E-state index < -0.39 is 0 Å². The first kappa shape index (κ1) is 13.6. The van der Waals surface area contributed by atoms with E-state index in [-0.39, 0.29) is 5.92 Å². The van der Waals surface area contributed by atoms with Gasteiger partial charge in [-0.2, -0.15) is 0 Å². The zero-order valence-corrected chi connectivity index (χ0v) is 11.9. The fourth-order valence-corrected chi connectivity index (χ4v) is 3.78. The predicted molar refractivity (Wildman–Crippen MR) is 77.0 cm³/mol. The molecule has 1 aromatic heterocycles. The highest BCUT2D eigenvalue weighted by Gasteiger charge is 2.36. The maximum atomic E-state index is 12.6. The van der Waals surface area contributed by atoms with Crippen LogP contribution in [0, 0.1) is 11.8 Å². The molecule has 0 unspecified atom stereocenters. The minimum absolute atomic E-state index is 0.184. The number of imidazole rings is 1.